The van der Waals surface area contributed by atoms with Gasteiger partial charge in [0.25, 0.3) is 0 Å². The van der Waals surface area contributed by atoms with E-state index < -0.39 is 17.9 Å². The number of aliphatic carboxylic acids is 1. The van der Waals surface area contributed by atoms with Gasteiger partial charge in [-0.05, 0) is 17.9 Å². The topological polar surface area (TPSA) is 76.1 Å². The minimum atomic E-state index is -0.886. The largest absolute Gasteiger partial charge is 0.481 e. The molecule has 3 rings (SSSR count). The van der Waals surface area contributed by atoms with Crippen molar-refractivity contribution in [2.24, 2.45) is 11.3 Å². The van der Waals surface area contributed by atoms with Crippen LogP contribution in [0.2, 0.25) is 0 Å². The Balaban J connectivity index is 2.08. The number of fused-ring (bicyclic) bond motifs is 1. The highest BCUT2D eigenvalue weighted by Crippen LogP contribution is 2.46. The average molecular weight is 333 g/mol. The molecular formula is C18H23NO5. The van der Waals surface area contributed by atoms with Crippen molar-refractivity contribution in [1.82, 2.24) is 4.90 Å². The molecule has 0 radical (unpaired) electrons. The fourth-order valence-corrected chi connectivity index (χ4v) is 3.48. The summed E-state index contributed by atoms with van der Waals surface area (Å²) in [5.74, 6) is -0.389. The van der Waals surface area contributed by atoms with Crippen molar-refractivity contribution in [3.63, 3.8) is 0 Å². The molecular weight excluding hydrogens is 310 g/mol. The number of carbonyl (C=O) groups is 2. The van der Waals surface area contributed by atoms with Crippen LogP contribution in [0.5, 0.6) is 11.5 Å². The summed E-state index contributed by atoms with van der Waals surface area (Å²) >= 11 is 0. The van der Waals surface area contributed by atoms with Gasteiger partial charge in [0.15, 0.2) is 11.5 Å². The molecule has 24 heavy (non-hydrogen) atoms. The molecule has 1 N–H and O–H groups in total. The number of para-hydroxylation sites is 1. The van der Waals surface area contributed by atoms with Crippen molar-refractivity contribution in [2.75, 3.05) is 13.3 Å². The first-order valence-corrected chi connectivity index (χ1v) is 8.19. The van der Waals surface area contributed by atoms with Crippen molar-refractivity contribution in [3.8, 4) is 11.5 Å². The number of carbonyl (C=O) groups excluding carboxylic acids is 1. The number of likely N-dealkylation sites (tertiary alicyclic amines) is 1. The first-order chi connectivity index (χ1) is 11.3. The van der Waals surface area contributed by atoms with Crippen molar-refractivity contribution >= 4 is 11.9 Å². The second kappa shape index (κ2) is 6.00. The van der Waals surface area contributed by atoms with Crippen LogP contribution < -0.4 is 9.47 Å². The van der Waals surface area contributed by atoms with E-state index in [9.17, 15) is 14.7 Å². The summed E-state index contributed by atoms with van der Waals surface area (Å²) in [5.41, 5.74) is 0.582. The molecule has 2 atom stereocenters. The van der Waals surface area contributed by atoms with Gasteiger partial charge in [-0.3, -0.25) is 9.59 Å². The summed E-state index contributed by atoms with van der Waals surface area (Å²) in [6.45, 7) is 6.72. The maximum Gasteiger partial charge on any atom is 0.308 e. The normalized spacial score (nSPS) is 23.5. The van der Waals surface area contributed by atoms with E-state index in [1.165, 1.54) is 0 Å². The molecule has 0 aromatic heterocycles. The van der Waals surface area contributed by atoms with Crippen LogP contribution in [-0.2, 0) is 9.59 Å². The summed E-state index contributed by atoms with van der Waals surface area (Å²) in [4.78, 5) is 26.1. The lowest BCUT2D eigenvalue weighted by Gasteiger charge is -2.42. The van der Waals surface area contributed by atoms with Crippen molar-refractivity contribution in [1.29, 1.82) is 0 Å². The summed E-state index contributed by atoms with van der Waals surface area (Å²) in [6, 6.07) is 4.90. The molecule has 1 amide bonds. The molecule has 2 heterocycles. The van der Waals surface area contributed by atoms with Crippen LogP contribution in [0.3, 0.4) is 0 Å². The number of nitrogens with zero attached hydrogens (tertiary/aromatic N) is 1. The molecule has 1 aromatic carbocycles. The van der Waals surface area contributed by atoms with E-state index in [-0.39, 0.29) is 24.5 Å². The molecule has 2 aliphatic heterocycles. The molecule has 0 spiro atoms. The highest BCUT2D eigenvalue weighted by Gasteiger charge is 2.43. The molecule has 2 aliphatic rings. The predicted octanol–water partition coefficient (Wildman–Crippen LogP) is 2.83. The van der Waals surface area contributed by atoms with Gasteiger partial charge in [0.2, 0.25) is 12.7 Å². The number of hydrogen-bond acceptors (Lipinski definition) is 4. The molecule has 1 aromatic rings. The highest BCUT2D eigenvalue weighted by molar-refractivity contribution is 5.82. The SMILES string of the molecule is CC(C)(C)CN1C(=O)CC[C@H](C(=O)O)[C@@H]1c1cccc2c1OCO2. The summed E-state index contributed by atoms with van der Waals surface area (Å²) in [5, 5.41) is 9.71. The standard InChI is InChI=1S/C18H23NO5/c1-18(2,3)9-19-14(20)8-7-12(17(21)22)15(19)11-5-4-6-13-16(11)24-10-23-13/h4-6,12,15H,7-10H2,1-3H3,(H,21,22)/t12-,15-/m0/s1. The first kappa shape index (κ1) is 16.6. The number of amides is 1. The van der Waals surface area contributed by atoms with E-state index in [0.717, 1.165) is 5.56 Å². The van der Waals surface area contributed by atoms with Gasteiger partial charge in [-0.2, -0.15) is 0 Å². The Morgan fingerprint density at radius 1 is 1.33 bits per heavy atom. The molecule has 0 bridgehead atoms. The van der Waals surface area contributed by atoms with Crippen molar-refractivity contribution in [2.45, 2.75) is 39.7 Å². The lowest BCUT2D eigenvalue weighted by molar-refractivity contribution is -0.153. The third-order valence-electron chi connectivity index (χ3n) is 4.41. The van der Waals surface area contributed by atoms with Crippen LogP contribution >= 0.6 is 0 Å². The fraction of sp³-hybridized carbons (Fsp3) is 0.556. The maximum atomic E-state index is 12.6. The van der Waals surface area contributed by atoms with E-state index in [1.54, 1.807) is 11.0 Å². The second-order valence-corrected chi connectivity index (χ2v) is 7.59. The summed E-state index contributed by atoms with van der Waals surface area (Å²) < 4.78 is 11.0. The zero-order valence-corrected chi connectivity index (χ0v) is 14.2. The van der Waals surface area contributed by atoms with Crippen molar-refractivity contribution < 1.29 is 24.2 Å². The van der Waals surface area contributed by atoms with Gasteiger partial charge in [-0.1, -0.05) is 32.9 Å². The maximum absolute atomic E-state index is 12.6. The fourth-order valence-electron chi connectivity index (χ4n) is 3.48. The molecule has 6 nitrogen and oxygen atoms in total. The lowest BCUT2D eigenvalue weighted by atomic mass is 9.82. The van der Waals surface area contributed by atoms with Gasteiger partial charge in [-0.25, -0.2) is 0 Å². The van der Waals surface area contributed by atoms with Gasteiger partial charge in [0.05, 0.1) is 12.0 Å². The van der Waals surface area contributed by atoms with E-state index >= 15 is 0 Å². The number of carboxylic acid groups (broad SMARTS) is 1. The van der Waals surface area contributed by atoms with E-state index in [4.69, 9.17) is 9.47 Å². The zero-order valence-electron chi connectivity index (χ0n) is 14.2. The molecule has 0 aliphatic carbocycles. The van der Waals surface area contributed by atoms with Crippen LogP contribution in [0.1, 0.15) is 45.2 Å². The molecule has 0 saturated carbocycles. The minimum Gasteiger partial charge on any atom is -0.481 e. The van der Waals surface area contributed by atoms with E-state index in [1.807, 2.05) is 32.9 Å². The Morgan fingerprint density at radius 3 is 2.75 bits per heavy atom. The van der Waals surface area contributed by atoms with Gasteiger partial charge < -0.3 is 19.5 Å². The van der Waals surface area contributed by atoms with E-state index in [0.29, 0.717) is 24.5 Å². The average Bonchev–Trinajstić information content (AvgIpc) is 2.96. The highest BCUT2D eigenvalue weighted by atomic mass is 16.7. The molecule has 0 unspecified atom stereocenters. The molecule has 6 heteroatoms. The third-order valence-corrected chi connectivity index (χ3v) is 4.41. The zero-order chi connectivity index (χ0) is 17.5. The van der Waals surface area contributed by atoms with E-state index in [2.05, 4.69) is 0 Å². The van der Waals surface area contributed by atoms with Crippen molar-refractivity contribution in [3.05, 3.63) is 23.8 Å². The Bertz CT molecular complexity index is 664. The smallest absolute Gasteiger partial charge is 0.308 e. The monoisotopic (exact) mass is 333 g/mol. The predicted molar refractivity (Wildman–Crippen MR) is 86.8 cm³/mol. The Labute approximate surface area is 141 Å². The minimum absolute atomic E-state index is 0.0102. The Morgan fingerprint density at radius 2 is 2.08 bits per heavy atom. The van der Waals surface area contributed by atoms with Crippen LogP contribution in [0.25, 0.3) is 0 Å². The van der Waals surface area contributed by atoms with Crippen LogP contribution in [0.15, 0.2) is 18.2 Å². The number of rotatable bonds is 3. The molecule has 1 fully saturated rings. The molecule has 130 valence electrons. The number of hydrogen-bond donors (Lipinski definition) is 1. The summed E-state index contributed by atoms with van der Waals surface area (Å²) in [7, 11) is 0. The van der Waals surface area contributed by atoms with Crippen LogP contribution in [-0.4, -0.2) is 35.2 Å². The number of carboxylic acids is 1. The lowest BCUT2D eigenvalue weighted by Crippen LogP contribution is -2.48. The number of piperidine rings is 1. The van der Waals surface area contributed by atoms with Gasteiger partial charge in [0, 0.05) is 18.5 Å². The Kier molecular flexibility index (Phi) is 4.15. The van der Waals surface area contributed by atoms with Crippen LogP contribution in [0, 0.1) is 11.3 Å². The van der Waals surface area contributed by atoms with Gasteiger partial charge in [-0.15, -0.1) is 0 Å². The molecule has 1 saturated heterocycles. The number of benzene rings is 1. The quantitative estimate of drug-likeness (QED) is 0.920. The second-order valence-electron chi connectivity index (χ2n) is 7.59. The third kappa shape index (κ3) is 3.05. The Hall–Kier alpha value is -2.24. The van der Waals surface area contributed by atoms with Gasteiger partial charge in [0.1, 0.15) is 0 Å². The summed E-state index contributed by atoms with van der Waals surface area (Å²) in [6.07, 6.45) is 0.597. The number of ether oxygens (including phenoxy) is 2. The van der Waals surface area contributed by atoms with Crippen LogP contribution in [0.4, 0.5) is 0 Å². The first-order valence-electron chi connectivity index (χ1n) is 8.19. The van der Waals surface area contributed by atoms with Gasteiger partial charge >= 0.3 is 5.97 Å².